The second-order valence-corrected chi connectivity index (χ2v) is 8.36. The van der Waals surface area contributed by atoms with Gasteiger partial charge in [-0.05, 0) is 36.8 Å². The summed E-state index contributed by atoms with van der Waals surface area (Å²) in [6, 6.07) is 13.9. The Hall–Kier alpha value is -2.87. The summed E-state index contributed by atoms with van der Waals surface area (Å²) in [4.78, 5) is 43.4. The number of para-hydroxylation sites is 1. The summed E-state index contributed by atoms with van der Waals surface area (Å²) in [6.07, 6.45) is 0.487. The topological polar surface area (TPSA) is 81.2 Å². The highest BCUT2D eigenvalue weighted by atomic mass is 79.9. The van der Waals surface area contributed by atoms with Crippen LogP contribution in [-0.4, -0.2) is 65.4 Å². The number of anilines is 1. The van der Waals surface area contributed by atoms with E-state index in [1.54, 1.807) is 32.9 Å². The van der Waals surface area contributed by atoms with Gasteiger partial charge >= 0.3 is 0 Å². The molecule has 2 saturated heterocycles. The van der Waals surface area contributed by atoms with Gasteiger partial charge in [0.25, 0.3) is 5.91 Å². The number of benzene rings is 2. The molecule has 0 aliphatic carbocycles. The standard InChI is InChI=1S/C22H22BrN3O4/c23-15-4-3-5-16(14-15)26-9-8-18(22(26)30)21(29)25-12-10-24(11-13-25)20(28)17-6-1-2-7-19(17)27/h1-7,14,18,27H,8-13H2. The van der Waals surface area contributed by atoms with Crippen molar-refractivity contribution in [1.29, 1.82) is 0 Å². The number of rotatable bonds is 3. The number of hydrogen-bond acceptors (Lipinski definition) is 4. The maximum Gasteiger partial charge on any atom is 0.257 e. The lowest BCUT2D eigenvalue weighted by molar-refractivity contribution is -0.141. The lowest BCUT2D eigenvalue weighted by Gasteiger charge is -2.35. The maximum atomic E-state index is 13.0. The third kappa shape index (κ3) is 3.92. The van der Waals surface area contributed by atoms with Gasteiger partial charge in [0, 0.05) is 42.9 Å². The molecule has 0 saturated carbocycles. The van der Waals surface area contributed by atoms with E-state index >= 15 is 0 Å². The molecular formula is C22H22BrN3O4. The number of carbonyl (C=O) groups is 3. The number of aromatic hydroxyl groups is 1. The van der Waals surface area contributed by atoms with E-state index in [4.69, 9.17) is 0 Å². The van der Waals surface area contributed by atoms with Crippen LogP contribution in [0.25, 0.3) is 0 Å². The SMILES string of the molecule is O=C(c1ccccc1O)N1CCN(C(=O)C2CCN(c3cccc(Br)c3)C2=O)CC1. The minimum Gasteiger partial charge on any atom is -0.507 e. The minimum atomic E-state index is -0.676. The van der Waals surface area contributed by atoms with E-state index in [-0.39, 0.29) is 29.0 Å². The molecule has 1 unspecified atom stereocenters. The van der Waals surface area contributed by atoms with E-state index in [9.17, 15) is 19.5 Å². The van der Waals surface area contributed by atoms with Crippen LogP contribution in [0.2, 0.25) is 0 Å². The van der Waals surface area contributed by atoms with Gasteiger partial charge < -0.3 is 19.8 Å². The van der Waals surface area contributed by atoms with E-state index in [2.05, 4.69) is 15.9 Å². The molecule has 7 nitrogen and oxygen atoms in total. The Morgan fingerprint density at radius 2 is 1.63 bits per heavy atom. The average Bonchev–Trinajstić information content (AvgIpc) is 3.14. The molecule has 1 atom stereocenters. The second kappa shape index (κ2) is 8.47. The Balaban J connectivity index is 1.37. The molecule has 2 heterocycles. The summed E-state index contributed by atoms with van der Waals surface area (Å²) in [5, 5.41) is 9.90. The molecule has 0 aromatic heterocycles. The van der Waals surface area contributed by atoms with Gasteiger partial charge in [-0.25, -0.2) is 0 Å². The van der Waals surface area contributed by atoms with Crippen LogP contribution < -0.4 is 4.90 Å². The van der Waals surface area contributed by atoms with E-state index in [1.807, 2.05) is 24.3 Å². The third-order valence-electron chi connectivity index (χ3n) is 5.64. The zero-order chi connectivity index (χ0) is 21.3. The zero-order valence-electron chi connectivity index (χ0n) is 16.3. The number of phenolic OH excluding ortho intramolecular Hbond substituents is 1. The Bertz CT molecular complexity index is 988. The molecule has 1 N–H and O–H groups in total. The molecule has 0 spiro atoms. The van der Waals surface area contributed by atoms with Crippen molar-refractivity contribution < 1.29 is 19.5 Å². The summed E-state index contributed by atoms with van der Waals surface area (Å²) in [7, 11) is 0. The number of piperazine rings is 1. The van der Waals surface area contributed by atoms with Crippen LogP contribution in [0, 0.1) is 5.92 Å². The molecular weight excluding hydrogens is 450 g/mol. The molecule has 2 aromatic carbocycles. The Morgan fingerprint density at radius 3 is 2.33 bits per heavy atom. The van der Waals surface area contributed by atoms with Crippen molar-refractivity contribution in [3.05, 3.63) is 58.6 Å². The number of hydrogen-bond donors (Lipinski definition) is 1. The summed E-state index contributed by atoms with van der Waals surface area (Å²) < 4.78 is 0.882. The fourth-order valence-corrected chi connectivity index (χ4v) is 4.37. The van der Waals surface area contributed by atoms with Crippen LogP contribution in [0.5, 0.6) is 5.75 Å². The zero-order valence-corrected chi connectivity index (χ0v) is 17.9. The van der Waals surface area contributed by atoms with E-state index in [0.29, 0.717) is 39.1 Å². The smallest absolute Gasteiger partial charge is 0.257 e. The molecule has 2 aromatic rings. The van der Waals surface area contributed by atoms with Crippen molar-refractivity contribution in [2.45, 2.75) is 6.42 Å². The van der Waals surface area contributed by atoms with Gasteiger partial charge in [-0.3, -0.25) is 14.4 Å². The first-order valence-electron chi connectivity index (χ1n) is 9.88. The number of nitrogens with zero attached hydrogens (tertiary/aromatic N) is 3. The Morgan fingerprint density at radius 1 is 0.933 bits per heavy atom. The molecule has 2 aliphatic heterocycles. The number of carbonyl (C=O) groups excluding carboxylic acids is 3. The van der Waals surface area contributed by atoms with E-state index in [1.165, 1.54) is 6.07 Å². The van der Waals surface area contributed by atoms with Gasteiger partial charge in [0.2, 0.25) is 11.8 Å². The predicted molar refractivity (Wildman–Crippen MR) is 115 cm³/mol. The summed E-state index contributed by atoms with van der Waals surface area (Å²) >= 11 is 3.41. The van der Waals surface area contributed by atoms with Gasteiger partial charge in [0.1, 0.15) is 11.7 Å². The monoisotopic (exact) mass is 471 g/mol. The normalized spacial score (nSPS) is 19.3. The largest absolute Gasteiger partial charge is 0.507 e. The fraction of sp³-hybridized carbons (Fsp3) is 0.318. The van der Waals surface area contributed by atoms with Gasteiger partial charge in [-0.1, -0.05) is 34.1 Å². The van der Waals surface area contributed by atoms with Crippen LogP contribution in [0.1, 0.15) is 16.8 Å². The Labute approximate surface area is 183 Å². The first-order chi connectivity index (χ1) is 14.5. The fourth-order valence-electron chi connectivity index (χ4n) is 3.98. The van der Waals surface area contributed by atoms with Crippen molar-refractivity contribution in [2.24, 2.45) is 5.92 Å². The van der Waals surface area contributed by atoms with Gasteiger partial charge in [-0.15, -0.1) is 0 Å². The van der Waals surface area contributed by atoms with Gasteiger partial charge in [0.15, 0.2) is 0 Å². The number of halogens is 1. The first-order valence-corrected chi connectivity index (χ1v) is 10.7. The lowest BCUT2D eigenvalue weighted by Crippen LogP contribution is -2.52. The molecule has 8 heteroatoms. The highest BCUT2D eigenvalue weighted by Gasteiger charge is 2.40. The Kier molecular flexibility index (Phi) is 5.76. The third-order valence-corrected chi connectivity index (χ3v) is 6.13. The molecule has 4 rings (SSSR count). The van der Waals surface area contributed by atoms with Crippen molar-refractivity contribution in [3.63, 3.8) is 0 Å². The van der Waals surface area contributed by atoms with Gasteiger partial charge in [-0.2, -0.15) is 0 Å². The van der Waals surface area contributed by atoms with Crippen LogP contribution in [0.4, 0.5) is 5.69 Å². The van der Waals surface area contributed by atoms with Crippen LogP contribution in [0.15, 0.2) is 53.0 Å². The quantitative estimate of drug-likeness (QED) is 0.697. The summed E-state index contributed by atoms with van der Waals surface area (Å²) in [5.41, 5.74) is 1.04. The molecule has 2 fully saturated rings. The van der Waals surface area contributed by atoms with Crippen molar-refractivity contribution in [1.82, 2.24) is 9.80 Å². The molecule has 30 heavy (non-hydrogen) atoms. The van der Waals surface area contributed by atoms with Crippen LogP contribution in [0.3, 0.4) is 0 Å². The van der Waals surface area contributed by atoms with Crippen molar-refractivity contribution >= 4 is 39.3 Å². The lowest BCUT2D eigenvalue weighted by atomic mass is 10.1. The predicted octanol–water partition coefficient (Wildman–Crippen LogP) is 2.49. The van der Waals surface area contributed by atoms with E-state index in [0.717, 1.165) is 10.2 Å². The number of phenols is 1. The highest BCUT2D eigenvalue weighted by Crippen LogP contribution is 2.29. The molecule has 0 bridgehead atoms. The van der Waals surface area contributed by atoms with Crippen LogP contribution >= 0.6 is 15.9 Å². The van der Waals surface area contributed by atoms with Crippen molar-refractivity contribution in [2.75, 3.05) is 37.6 Å². The summed E-state index contributed by atoms with van der Waals surface area (Å²) in [6.45, 7) is 2.00. The molecule has 2 aliphatic rings. The van der Waals surface area contributed by atoms with Crippen molar-refractivity contribution in [3.8, 4) is 5.75 Å². The number of amides is 3. The maximum absolute atomic E-state index is 13.0. The highest BCUT2D eigenvalue weighted by molar-refractivity contribution is 9.10. The molecule has 156 valence electrons. The van der Waals surface area contributed by atoms with Gasteiger partial charge in [0.05, 0.1) is 5.56 Å². The van der Waals surface area contributed by atoms with Crippen LogP contribution in [-0.2, 0) is 9.59 Å². The summed E-state index contributed by atoms with van der Waals surface area (Å²) in [5.74, 6) is -1.33. The first kappa shape index (κ1) is 20.4. The molecule has 0 radical (unpaired) electrons. The second-order valence-electron chi connectivity index (χ2n) is 7.45. The average molecular weight is 472 g/mol. The minimum absolute atomic E-state index is 0.0507. The van der Waals surface area contributed by atoms with E-state index < -0.39 is 5.92 Å². The molecule has 3 amide bonds.